The zero-order valence-corrected chi connectivity index (χ0v) is 13.0. The van der Waals surface area contributed by atoms with Crippen LogP contribution in [0.4, 0.5) is 4.39 Å². The van der Waals surface area contributed by atoms with Crippen molar-refractivity contribution in [3.63, 3.8) is 0 Å². The van der Waals surface area contributed by atoms with Crippen LogP contribution < -0.4 is 5.32 Å². The molecule has 118 valence electrons. The average Bonchev–Trinajstić information content (AvgIpc) is 2.48. The molecule has 2 rings (SSSR count). The number of ether oxygens (including phenoxy) is 2. The highest BCUT2D eigenvalue weighted by molar-refractivity contribution is 5.19. The fourth-order valence-corrected chi connectivity index (χ4v) is 3.19. The Morgan fingerprint density at radius 3 is 2.71 bits per heavy atom. The van der Waals surface area contributed by atoms with Crippen LogP contribution in [-0.4, -0.2) is 38.0 Å². The third kappa shape index (κ3) is 4.25. The standard InChI is InChI=1S/C17H26FNO2/c1-3-19-16(13-14-6-5-7-15(18)12-14)17(21-4-2)8-10-20-11-9-17/h5-7,12,16,19H,3-4,8-11,13H2,1-2H3. The topological polar surface area (TPSA) is 30.5 Å². The lowest BCUT2D eigenvalue weighted by molar-refractivity contribution is -0.126. The Balaban J connectivity index is 2.18. The Morgan fingerprint density at radius 1 is 1.33 bits per heavy atom. The summed E-state index contributed by atoms with van der Waals surface area (Å²) >= 11 is 0. The van der Waals surface area contributed by atoms with Crippen LogP contribution in [0.2, 0.25) is 0 Å². The van der Waals surface area contributed by atoms with E-state index in [4.69, 9.17) is 9.47 Å². The van der Waals surface area contributed by atoms with Crippen molar-refractivity contribution in [2.75, 3.05) is 26.4 Å². The van der Waals surface area contributed by atoms with Gasteiger partial charge in [0.2, 0.25) is 0 Å². The Hall–Kier alpha value is -0.970. The second kappa shape index (κ2) is 7.87. The predicted molar refractivity (Wildman–Crippen MR) is 82.0 cm³/mol. The molecule has 3 nitrogen and oxygen atoms in total. The molecule has 1 N–H and O–H groups in total. The van der Waals surface area contributed by atoms with Gasteiger partial charge in [0.15, 0.2) is 0 Å². The summed E-state index contributed by atoms with van der Waals surface area (Å²) in [4.78, 5) is 0. The van der Waals surface area contributed by atoms with Crippen molar-refractivity contribution in [1.82, 2.24) is 5.32 Å². The van der Waals surface area contributed by atoms with E-state index in [2.05, 4.69) is 12.2 Å². The molecule has 0 aromatic heterocycles. The number of halogens is 1. The summed E-state index contributed by atoms with van der Waals surface area (Å²) in [6.07, 6.45) is 2.53. The number of nitrogens with one attached hydrogen (secondary N) is 1. The van der Waals surface area contributed by atoms with Gasteiger partial charge in [-0.15, -0.1) is 0 Å². The average molecular weight is 295 g/mol. The van der Waals surface area contributed by atoms with Gasteiger partial charge >= 0.3 is 0 Å². The molecule has 0 saturated carbocycles. The molecule has 1 unspecified atom stereocenters. The summed E-state index contributed by atoms with van der Waals surface area (Å²) in [5.41, 5.74) is 0.793. The molecule has 0 aliphatic carbocycles. The molecule has 1 aliphatic rings. The Labute approximate surface area is 126 Å². The molecule has 1 aromatic rings. The van der Waals surface area contributed by atoms with Gasteiger partial charge in [-0.2, -0.15) is 0 Å². The fourth-order valence-electron chi connectivity index (χ4n) is 3.19. The van der Waals surface area contributed by atoms with Crippen LogP contribution in [0.5, 0.6) is 0 Å². The quantitative estimate of drug-likeness (QED) is 0.839. The normalized spacial score (nSPS) is 19.4. The maximum Gasteiger partial charge on any atom is 0.123 e. The van der Waals surface area contributed by atoms with E-state index in [0.29, 0.717) is 6.61 Å². The lowest BCUT2D eigenvalue weighted by Crippen LogP contribution is -2.56. The van der Waals surface area contributed by atoms with Crippen molar-refractivity contribution in [2.45, 2.75) is 44.8 Å². The van der Waals surface area contributed by atoms with Gasteiger partial charge in [0, 0.05) is 38.7 Å². The monoisotopic (exact) mass is 295 g/mol. The minimum atomic E-state index is -0.213. The molecule has 0 spiro atoms. The van der Waals surface area contributed by atoms with Gasteiger partial charge in [-0.05, 0) is 37.6 Å². The molecule has 1 saturated heterocycles. The summed E-state index contributed by atoms with van der Waals surface area (Å²) < 4.78 is 25.1. The first kappa shape index (κ1) is 16.4. The smallest absolute Gasteiger partial charge is 0.123 e. The van der Waals surface area contributed by atoms with E-state index in [1.165, 1.54) is 6.07 Å². The molecule has 21 heavy (non-hydrogen) atoms. The van der Waals surface area contributed by atoms with E-state index in [1.807, 2.05) is 13.0 Å². The van der Waals surface area contributed by atoms with Gasteiger partial charge in [-0.25, -0.2) is 4.39 Å². The second-order valence-electron chi connectivity index (χ2n) is 5.55. The number of benzene rings is 1. The van der Waals surface area contributed by atoms with Crippen molar-refractivity contribution >= 4 is 0 Å². The van der Waals surface area contributed by atoms with Gasteiger partial charge in [0.05, 0.1) is 5.60 Å². The Bertz CT molecular complexity index is 427. The van der Waals surface area contributed by atoms with Gasteiger partial charge in [0.25, 0.3) is 0 Å². The molecule has 0 radical (unpaired) electrons. The minimum absolute atomic E-state index is 0.174. The molecule has 1 heterocycles. The molecule has 4 heteroatoms. The third-order valence-corrected chi connectivity index (χ3v) is 4.19. The zero-order valence-electron chi connectivity index (χ0n) is 13.0. The van der Waals surface area contributed by atoms with Crippen molar-refractivity contribution in [3.05, 3.63) is 35.6 Å². The first-order chi connectivity index (χ1) is 10.2. The van der Waals surface area contributed by atoms with Crippen molar-refractivity contribution in [2.24, 2.45) is 0 Å². The molecule has 1 atom stereocenters. The third-order valence-electron chi connectivity index (χ3n) is 4.19. The van der Waals surface area contributed by atoms with Crippen LogP contribution in [-0.2, 0) is 15.9 Å². The molecule has 0 bridgehead atoms. The molecule has 0 amide bonds. The number of hydrogen-bond acceptors (Lipinski definition) is 3. The highest BCUT2D eigenvalue weighted by Crippen LogP contribution is 2.31. The van der Waals surface area contributed by atoms with Gasteiger partial charge in [-0.1, -0.05) is 19.1 Å². The van der Waals surface area contributed by atoms with Crippen LogP contribution in [0, 0.1) is 5.82 Å². The number of rotatable bonds is 7. The SMILES string of the molecule is CCNC(Cc1cccc(F)c1)C1(OCC)CCOCC1. The highest BCUT2D eigenvalue weighted by Gasteiger charge is 2.40. The maximum absolute atomic E-state index is 13.4. The van der Waals surface area contributed by atoms with E-state index >= 15 is 0 Å². The summed E-state index contributed by atoms with van der Waals surface area (Å²) in [5.74, 6) is -0.180. The molecule has 1 aromatic carbocycles. The van der Waals surface area contributed by atoms with E-state index in [0.717, 1.165) is 44.6 Å². The number of likely N-dealkylation sites (N-methyl/N-ethyl adjacent to an activating group) is 1. The summed E-state index contributed by atoms with van der Waals surface area (Å²) in [6.45, 7) is 7.14. The van der Waals surface area contributed by atoms with E-state index in [-0.39, 0.29) is 17.5 Å². The molecular formula is C17H26FNO2. The predicted octanol–water partition coefficient (Wildman–Crippen LogP) is 2.93. The molecule has 1 aliphatic heterocycles. The first-order valence-corrected chi connectivity index (χ1v) is 7.89. The van der Waals surface area contributed by atoms with Gasteiger partial charge in [0.1, 0.15) is 5.82 Å². The molecule has 1 fully saturated rings. The van der Waals surface area contributed by atoms with Crippen molar-refractivity contribution in [1.29, 1.82) is 0 Å². The largest absolute Gasteiger partial charge is 0.381 e. The lowest BCUT2D eigenvalue weighted by atomic mass is 9.82. The summed E-state index contributed by atoms with van der Waals surface area (Å²) in [7, 11) is 0. The van der Waals surface area contributed by atoms with Crippen molar-refractivity contribution < 1.29 is 13.9 Å². The summed E-state index contributed by atoms with van der Waals surface area (Å²) in [6, 6.07) is 7.02. The number of hydrogen-bond donors (Lipinski definition) is 1. The minimum Gasteiger partial charge on any atom is -0.381 e. The molecular weight excluding hydrogens is 269 g/mol. The van der Waals surface area contributed by atoms with Crippen LogP contribution in [0.3, 0.4) is 0 Å². The maximum atomic E-state index is 13.4. The highest BCUT2D eigenvalue weighted by atomic mass is 19.1. The Morgan fingerprint density at radius 2 is 2.10 bits per heavy atom. The van der Waals surface area contributed by atoms with Crippen LogP contribution in [0.1, 0.15) is 32.3 Å². The van der Waals surface area contributed by atoms with Crippen LogP contribution >= 0.6 is 0 Å². The first-order valence-electron chi connectivity index (χ1n) is 7.89. The van der Waals surface area contributed by atoms with Crippen molar-refractivity contribution in [3.8, 4) is 0 Å². The second-order valence-corrected chi connectivity index (χ2v) is 5.55. The summed E-state index contributed by atoms with van der Waals surface area (Å²) in [5, 5.41) is 3.54. The lowest BCUT2D eigenvalue weighted by Gasteiger charge is -2.43. The van der Waals surface area contributed by atoms with Gasteiger partial charge < -0.3 is 14.8 Å². The Kier molecular flexibility index (Phi) is 6.15. The van der Waals surface area contributed by atoms with Crippen LogP contribution in [0.15, 0.2) is 24.3 Å². The van der Waals surface area contributed by atoms with E-state index in [9.17, 15) is 4.39 Å². The fraction of sp³-hybridized carbons (Fsp3) is 0.647. The van der Waals surface area contributed by atoms with Gasteiger partial charge in [-0.3, -0.25) is 0 Å². The van der Waals surface area contributed by atoms with E-state index < -0.39 is 0 Å². The van der Waals surface area contributed by atoms with Crippen LogP contribution in [0.25, 0.3) is 0 Å². The van der Waals surface area contributed by atoms with E-state index in [1.54, 1.807) is 12.1 Å². The zero-order chi connectivity index (χ0) is 15.1.